The summed E-state index contributed by atoms with van der Waals surface area (Å²) < 4.78 is 0. The van der Waals surface area contributed by atoms with Gasteiger partial charge in [0.15, 0.2) is 0 Å². The highest BCUT2D eigenvalue weighted by molar-refractivity contribution is 6.35. The van der Waals surface area contributed by atoms with Gasteiger partial charge in [0, 0.05) is 15.6 Å². The molecule has 0 amide bonds. The van der Waals surface area contributed by atoms with Crippen molar-refractivity contribution in [3.8, 4) is 6.07 Å². The van der Waals surface area contributed by atoms with Crippen molar-refractivity contribution in [2.75, 3.05) is 0 Å². The second kappa shape index (κ2) is 4.00. The van der Waals surface area contributed by atoms with E-state index in [0.717, 1.165) is 0 Å². The third-order valence-electron chi connectivity index (χ3n) is 1.41. The highest BCUT2D eigenvalue weighted by Crippen LogP contribution is 2.26. The molecular formula is C8H4Cl3N. The van der Waals surface area contributed by atoms with Crippen LogP contribution in [0.3, 0.4) is 0 Å². The van der Waals surface area contributed by atoms with Crippen molar-refractivity contribution in [2.24, 2.45) is 0 Å². The molecule has 0 bridgehead atoms. The Kier molecular flexibility index (Phi) is 3.22. The molecule has 0 unspecified atom stereocenters. The number of alkyl halides is 1. The van der Waals surface area contributed by atoms with E-state index < -0.39 is 0 Å². The highest BCUT2D eigenvalue weighted by Gasteiger charge is 2.06. The van der Waals surface area contributed by atoms with Crippen molar-refractivity contribution in [3.63, 3.8) is 0 Å². The maximum absolute atomic E-state index is 8.67. The molecule has 0 radical (unpaired) electrons. The van der Waals surface area contributed by atoms with Gasteiger partial charge in [0.25, 0.3) is 0 Å². The normalized spacial score (nSPS) is 9.50. The number of nitriles is 1. The van der Waals surface area contributed by atoms with Gasteiger partial charge < -0.3 is 0 Å². The minimum Gasteiger partial charge on any atom is -0.192 e. The Morgan fingerprint density at radius 2 is 2.00 bits per heavy atom. The number of benzene rings is 1. The van der Waals surface area contributed by atoms with Crippen LogP contribution in [0.5, 0.6) is 0 Å². The molecule has 1 aromatic carbocycles. The molecule has 0 aromatic heterocycles. The maximum atomic E-state index is 8.67. The second-order valence-electron chi connectivity index (χ2n) is 2.16. The zero-order valence-electron chi connectivity index (χ0n) is 5.94. The molecule has 0 aliphatic rings. The van der Waals surface area contributed by atoms with Crippen LogP contribution in [0.4, 0.5) is 0 Å². The predicted molar refractivity (Wildman–Crippen MR) is 50.7 cm³/mol. The second-order valence-corrected chi connectivity index (χ2v) is 3.27. The van der Waals surface area contributed by atoms with Crippen molar-refractivity contribution in [3.05, 3.63) is 33.3 Å². The van der Waals surface area contributed by atoms with Crippen LogP contribution in [0.2, 0.25) is 10.0 Å². The first-order valence-electron chi connectivity index (χ1n) is 3.13. The summed E-state index contributed by atoms with van der Waals surface area (Å²) in [6.07, 6.45) is 0. The number of hydrogen-bond acceptors (Lipinski definition) is 1. The molecule has 0 heterocycles. The first-order valence-corrected chi connectivity index (χ1v) is 4.42. The lowest BCUT2D eigenvalue weighted by Crippen LogP contribution is -1.87. The molecule has 12 heavy (non-hydrogen) atoms. The summed E-state index contributed by atoms with van der Waals surface area (Å²) in [6, 6.07) is 5.09. The van der Waals surface area contributed by atoms with Crippen LogP contribution < -0.4 is 0 Å². The van der Waals surface area contributed by atoms with Crippen LogP contribution in [-0.4, -0.2) is 0 Å². The zero-order valence-corrected chi connectivity index (χ0v) is 8.21. The van der Waals surface area contributed by atoms with E-state index in [-0.39, 0.29) is 5.88 Å². The fourth-order valence-electron chi connectivity index (χ4n) is 0.839. The van der Waals surface area contributed by atoms with Gasteiger partial charge in [-0.15, -0.1) is 11.6 Å². The Morgan fingerprint density at radius 1 is 1.33 bits per heavy atom. The van der Waals surface area contributed by atoms with Crippen molar-refractivity contribution >= 4 is 34.8 Å². The van der Waals surface area contributed by atoms with Gasteiger partial charge >= 0.3 is 0 Å². The van der Waals surface area contributed by atoms with Gasteiger partial charge in [-0.2, -0.15) is 5.26 Å². The van der Waals surface area contributed by atoms with E-state index in [0.29, 0.717) is 21.2 Å². The molecule has 0 fully saturated rings. The number of nitrogens with zero attached hydrogens (tertiary/aromatic N) is 1. The zero-order chi connectivity index (χ0) is 9.14. The van der Waals surface area contributed by atoms with Crippen LogP contribution in [0.25, 0.3) is 0 Å². The van der Waals surface area contributed by atoms with E-state index in [1.54, 1.807) is 12.1 Å². The number of halogens is 3. The van der Waals surface area contributed by atoms with Crippen molar-refractivity contribution in [2.45, 2.75) is 5.88 Å². The third-order valence-corrected chi connectivity index (χ3v) is 2.24. The van der Waals surface area contributed by atoms with Crippen molar-refractivity contribution in [1.82, 2.24) is 0 Å². The fraction of sp³-hybridized carbons (Fsp3) is 0.125. The Bertz CT molecular complexity index is 341. The molecule has 0 saturated heterocycles. The molecule has 0 atom stereocenters. The first kappa shape index (κ1) is 9.67. The summed E-state index contributed by atoms with van der Waals surface area (Å²) in [7, 11) is 0. The summed E-state index contributed by atoms with van der Waals surface area (Å²) in [5.74, 6) is 0.221. The summed E-state index contributed by atoms with van der Waals surface area (Å²) in [5.41, 5.74) is 1.06. The quantitative estimate of drug-likeness (QED) is 0.663. The maximum Gasteiger partial charge on any atom is 0.0996 e. The topological polar surface area (TPSA) is 23.8 Å². The fourth-order valence-corrected chi connectivity index (χ4v) is 1.76. The smallest absolute Gasteiger partial charge is 0.0996 e. The lowest BCUT2D eigenvalue weighted by atomic mass is 10.1. The Balaban J connectivity index is 3.36. The van der Waals surface area contributed by atoms with Gasteiger partial charge in [-0.1, -0.05) is 23.2 Å². The van der Waals surface area contributed by atoms with Crippen molar-refractivity contribution in [1.29, 1.82) is 5.26 Å². The molecule has 1 aromatic rings. The van der Waals surface area contributed by atoms with Gasteiger partial charge in [0.05, 0.1) is 17.5 Å². The van der Waals surface area contributed by atoms with Crippen LogP contribution in [0.1, 0.15) is 11.1 Å². The Hall–Kier alpha value is -0.420. The van der Waals surface area contributed by atoms with E-state index in [4.69, 9.17) is 40.1 Å². The summed E-state index contributed by atoms with van der Waals surface area (Å²) in [5, 5.41) is 9.56. The van der Waals surface area contributed by atoms with Gasteiger partial charge in [-0.05, 0) is 12.1 Å². The van der Waals surface area contributed by atoms with Gasteiger partial charge in [0.1, 0.15) is 0 Å². The molecule has 0 spiro atoms. The lowest BCUT2D eigenvalue weighted by molar-refractivity contribution is 1.35. The molecule has 0 saturated carbocycles. The van der Waals surface area contributed by atoms with Crippen molar-refractivity contribution < 1.29 is 0 Å². The van der Waals surface area contributed by atoms with E-state index in [2.05, 4.69) is 0 Å². The Labute approximate surface area is 85.5 Å². The van der Waals surface area contributed by atoms with Crippen LogP contribution >= 0.6 is 34.8 Å². The predicted octanol–water partition coefficient (Wildman–Crippen LogP) is 3.60. The number of hydrogen-bond donors (Lipinski definition) is 0. The third kappa shape index (κ3) is 1.84. The van der Waals surface area contributed by atoms with E-state index in [1.807, 2.05) is 6.07 Å². The molecule has 62 valence electrons. The lowest BCUT2D eigenvalue weighted by Gasteiger charge is -2.02. The average molecular weight is 220 g/mol. The molecular weight excluding hydrogens is 216 g/mol. The monoisotopic (exact) mass is 219 g/mol. The van der Waals surface area contributed by atoms with Crippen LogP contribution in [-0.2, 0) is 5.88 Å². The standard InChI is InChI=1S/C8H4Cl3N/c9-3-7-5(4-12)1-6(10)2-8(7)11/h1-2H,3H2. The molecule has 1 nitrogen and oxygen atoms in total. The Morgan fingerprint density at radius 3 is 2.50 bits per heavy atom. The van der Waals surface area contributed by atoms with Gasteiger partial charge in [0.2, 0.25) is 0 Å². The average Bonchev–Trinajstić information content (AvgIpc) is 2.03. The summed E-state index contributed by atoms with van der Waals surface area (Å²) >= 11 is 17.1. The molecule has 1 rings (SSSR count). The SMILES string of the molecule is N#Cc1cc(Cl)cc(Cl)c1CCl. The van der Waals surface area contributed by atoms with E-state index in [1.165, 1.54) is 0 Å². The first-order chi connectivity index (χ1) is 5.69. The minimum atomic E-state index is 0.221. The highest BCUT2D eigenvalue weighted by atomic mass is 35.5. The van der Waals surface area contributed by atoms with E-state index >= 15 is 0 Å². The van der Waals surface area contributed by atoms with Gasteiger partial charge in [-0.3, -0.25) is 0 Å². The van der Waals surface area contributed by atoms with Gasteiger partial charge in [-0.25, -0.2) is 0 Å². The summed E-state index contributed by atoms with van der Waals surface area (Å²) in [4.78, 5) is 0. The largest absolute Gasteiger partial charge is 0.192 e. The van der Waals surface area contributed by atoms with Crippen LogP contribution in [0.15, 0.2) is 12.1 Å². The molecule has 4 heteroatoms. The summed E-state index contributed by atoms with van der Waals surface area (Å²) in [6.45, 7) is 0. The van der Waals surface area contributed by atoms with Crippen LogP contribution in [0, 0.1) is 11.3 Å². The van der Waals surface area contributed by atoms with E-state index in [9.17, 15) is 0 Å². The number of rotatable bonds is 1. The molecule has 0 aliphatic carbocycles. The molecule has 0 aliphatic heterocycles. The molecule has 0 N–H and O–H groups in total. The minimum absolute atomic E-state index is 0.221.